The van der Waals surface area contributed by atoms with E-state index in [9.17, 15) is 4.79 Å². The highest BCUT2D eigenvalue weighted by Gasteiger charge is 2.26. The second-order valence-electron chi connectivity index (χ2n) is 7.55. The monoisotopic (exact) mass is 365 g/mol. The van der Waals surface area contributed by atoms with Gasteiger partial charge < -0.3 is 15.1 Å². The van der Waals surface area contributed by atoms with Crippen LogP contribution in [0.5, 0.6) is 0 Å². The topological polar surface area (TPSA) is 61.4 Å². The zero-order valence-corrected chi connectivity index (χ0v) is 15.9. The Morgan fingerprint density at radius 3 is 2.33 bits per heavy atom. The molecule has 142 valence electrons. The van der Waals surface area contributed by atoms with Crippen molar-refractivity contribution in [1.82, 2.24) is 9.97 Å². The normalized spacial score (nSPS) is 18.0. The van der Waals surface area contributed by atoms with E-state index in [1.54, 1.807) is 6.33 Å². The Morgan fingerprint density at radius 1 is 1.00 bits per heavy atom. The molecule has 0 radical (unpaired) electrons. The van der Waals surface area contributed by atoms with Crippen molar-refractivity contribution >= 4 is 23.2 Å². The van der Waals surface area contributed by atoms with Gasteiger partial charge in [0.05, 0.1) is 0 Å². The van der Waals surface area contributed by atoms with Gasteiger partial charge in [-0.3, -0.25) is 4.79 Å². The Balaban J connectivity index is 1.34. The largest absolute Gasteiger partial charge is 0.356 e. The molecule has 1 aromatic carbocycles. The van der Waals surface area contributed by atoms with E-state index in [1.165, 1.54) is 12.8 Å². The fraction of sp³-hybridized carbons (Fsp3) is 0.476. The summed E-state index contributed by atoms with van der Waals surface area (Å²) < 4.78 is 0. The highest BCUT2D eigenvalue weighted by atomic mass is 16.1. The second-order valence-corrected chi connectivity index (χ2v) is 7.55. The number of nitrogens with zero attached hydrogens (tertiary/aromatic N) is 4. The smallest absolute Gasteiger partial charge is 0.227 e. The van der Waals surface area contributed by atoms with Crippen molar-refractivity contribution in [3.8, 4) is 0 Å². The molecule has 0 saturated carbocycles. The van der Waals surface area contributed by atoms with Crippen LogP contribution in [0.2, 0.25) is 0 Å². The molecule has 1 N–H and O–H groups in total. The third-order valence-corrected chi connectivity index (χ3v) is 5.54. The molecule has 2 fully saturated rings. The Kier molecular flexibility index (Phi) is 5.23. The van der Waals surface area contributed by atoms with Crippen LogP contribution in [0.3, 0.4) is 0 Å². The number of carbonyl (C=O) groups excluding carboxylic acids is 1. The number of aryl methyl sites for hydroxylation is 1. The van der Waals surface area contributed by atoms with Gasteiger partial charge in [-0.05, 0) is 50.3 Å². The summed E-state index contributed by atoms with van der Waals surface area (Å²) in [6.45, 7) is 5.90. The van der Waals surface area contributed by atoms with Gasteiger partial charge in [0, 0.05) is 43.9 Å². The van der Waals surface area contributed by atoms with E-state index < -0.39 is 0 Å². The van der Waals surface area contributed by atoms with Crippen LogP contribution in [0.1, 0.15) is 31.2 Å². The van der Waals surface area contributed by atoms with Crippen LogP contribution in [-0.2, 0) is 4.79 Å². The summed E-state index contributed by atoms with van der Waals surface area (Å²) >= 11 is 0. The highest BCUT2D eigenvalue weighted by molar-refractivity contribution is 5.92. The standard InChI is InChI=1S/C21H27N5O/c1-16-5-4-6-18(13-16)24-21(27)17-7-11-26(12-8-17)20-14-19(22-15-23-20)25-9-2-3-10-25/h4-6,13-15,17H,2-3,7-12H2,1H3,(H,24,27). The average Bonchev–Trinajstić information content (AvgIpc) is 3.23. The molecule has 0 atom stereocenters. The number of aromatic nitrogens is 2. The molecule has 1 amide bonds. The van der Waals surface area contributed by atoms with Gasteiger partial charge in [-0.1, -0.05) is 12.1 Å². The average molecular weight is 365 g/mol. The molecule has 0 bridgehead atoms. The minimum atomic E-state index is 0.0571. The fourth-order valence-electron chi connectivity index (χ4n) is 3.97. The van der Waals surface area contributed by atoms with Crippen LogP contribution in [0.25, 0.3) is 0 Å². The summed E-state index contributed by atoms with van der Waals surface area (Å²) in [5.41, 5.74) is 2.04. The second kappa shape index (κ2) is 7.94. The molecule has 1 aromatic heterocycles. The minimum absolute atomic E-state index is 0.0571. The molecule has 3 heterocycles. The van der Waals surface area contributed by atoms with Gasteiger partial charge in [0.2, 0.25) is 5.91 Å². The van der Waals surface area contributed by atoms with Crippen LogP contribution in [-0.4, -0.2) is 42.1 Å². The number of amides is 1. The first-order chi connectivity index (χ1) is 13.2. The number of nitrogens with one attached hydrogen (secondary N) is 1. The first-order valence-corrected chi connectivity index (χ1v) is 9.88. The zero-order valence-electron chi connectivity index (χ0n) is 15.9. The van der Waals surface area contributed by atoms with E-state index in [0.717, 1.165) is 61.9 Å². The molecule has 27 heavy (non-hydrogen) atoms. The van der Waals surface area contributed by atoms with Gasteiger partial charge in [-0.2, -0.15) is 0 Å². The summed E-state index contributed by atoms with van der Waals surface area (Å²) in [5, 5.41) is 3.06. The lowest BCUT2D eigenvalue weighted by atomic mass is 9.95. The number of piperidine rings is 1. The van der Waals surface area contributed by atoms with E-state index in [2.05, 4.69) is 31.2 Å². The number of rotatable bonds is 4. The van der Waals surface area contributed by atoms with Crippen LogP contribution >= 0.6 is 0 Å². The molecule has 6 nitrogen and oxygen atoms in total. The Hall–Kier alpha value is -2.63. The Morgan fingerprint density at radius 2 is 1.67 bits per heavy atom. The van der Waals surface area contributed by atoms with Gasteiger partial charge in [0.25, 0.3) is 0 Å². The first-order valence-electron chi connectivity index (χ1n) is 9.88. The van der Waals surface area contributed by atoms with Crippen molar-refractivity contribution < 1.29 is 4.79 Å². The van der Waals surface area contributed by atoms with E-state index in [-0.39, 0.29) is 11.8 Å². The molecular formula is C21H27N5O. The van der Waals surface area contributed by atoms with E-state index in [0.29, 0.717) is 0 Å². The maximum atomic E-state index is 12.6. The third kappa shape index (κ3) is 4.21. The molecule has 2 aliphatic rings. The number of benzene rings is 1. The summed E-state index contributed by atoms with van der Waals surface area (Å²) in [4.78, 5) is 26.1. The van der Waals surface area contributed by atoms with Crippen LogP contribution in [0, 0.1) is 12.8 Å². The lowest BCUT2D eigenvalue weighted by Crippen LogP contribution is -2.38. The van der Waals surface area contributed by atoms with Crippen LogP contribution < -0.4 is 15.1 Å². The first kappa shape index (κ1) is 17.8. The van der Waals surface area contributed by atoms with Gasteiger partial charge in [-0.15, -0.1) is 0 Å². The minimum Gasteiger partial charge on any atom is -0.356 e. The zero-order chi connectivity index (χ0) is 18.6. The van der Waals surface area contributed by atoms with Crippen molar-refractivity contribution in [1.29, 1.82) is 0 Å². The predicted molar refractivity (Wildman–Crippen MR) is 108 cm³/mol. The third-order valence-electron chi connectivity index (χ3n) is 5.54. The van der Waals surface area contributed by atoms with Gasteiger partial charge in [0.15, 0.2) is 0 Å². The number of hydrogen-bond donors (Lipinski definition) is 1. The van der Waals surface area contributed by atoms with E-state index in [4.69, 9.17) is 0 Å². The fourth-order valence-corrected chi connectivity index (χ4v) is 3.97. The van der Waals surface area contributed by atoms with Gasteiger partial charge >= 0.3 is 0 Å². The van der Waals surface area contributed by atoms with Crippen molar-refractivity contribution in [3.63, 3.8) is 0 Å². The molecule has 2 aliphatic heterocycles. The van der Waals surface area contributed by atoms with Gasteiger partial charge in [0.1, 0.15) is 18.0 Å². The van der Waals surface area contributed by atoms with Crippen molar-refractivity contribution in [2.24, 2.45) is 5.92 Å². The van der Waals surface area contributed by atoms with E-state index >= 15 is 0 Å². The molecule has 2 aromatic rings. The summed E-state index contributed by atoms with van der Waals surface area (Å²) in [7, 11) is 0. The molecule has 2 saturated heterocycles. The highest BCUT2D eigenvalue weighted by Crippen LogP contribution is 2.26. The SMILES string of the molecule is Cc1cccc(NC(=O)C2CCN(c3cc(N4CCCC4)ncn3)CC2)c1. The summed E-state index contributed by atoms with van der Waals surface area (Å²) in [5.74, 6) is 2.18. The maximum absolute atomic E-state index is 12.6. The molecule has 6 heteroatoms. The van der Waals surface area contributed by atoms with Crippen molar-refractivity contribution in [2.45, 2.75) is 32.6 Å². The van der Waals surface area contributed by atoms with Gasteiger partial charge in [-0.25, -0.2) is 9.97 Å². The molecule has 0 aliphatic carbocycles. The summed E-state index contributed by atoms with van der Waals surface area (Å²) in [6.07, 6.45) is 5.84. The van der Waals surface area contributed by atoms with Crippen LogP contribution in [0.15, 0.2) is 36.7 Å². The van der Waals surface area contributed by atoms with Crippen molar-refractivity contribution in [3.05, 3.63) is 42.2 Å². The number of hydrogen-bond acceptors (Lipinski definition) is 5. The molecule has 0 unspecified atom stereocenters. The number of anilines is 3. The lowest BCUT2D eigenvalue weighted by Gasteiger charge is -2.32. The predicted octanol–water partition coefficient (Wildman–Crippen LogP) is 3.24. The maximum Gasteiger partial charge on any atom is 0.227 e. The Bertz CT molecular complexity index is 795. The molecule has 4 rings (SSSR count). The van der Waals surface area contributed by atoms with Crippen molar-refractivity contribution in [2.75, 3.05) is 41.3 Å². The lowest BCUT2D eigenvalue weighted by molar-refractivity contribution is -0.120. The molecular weight excluding hydrogens is 338 g/mol. The quantitative estimate of drug-likeness (QED) is 0.901. The number of carbonyl (C=O) groups is 1. The van der Waals surface area contributed by atoms with Crippen LogP contribution in [0.4, 0.5) is 17.3 Å². The Labute approximate surface area is 160 Å². The molecule has 0 spiro atoms. The van der Waals surface area contributed by atoms with E-state index in [1.807, 2.05) is 31.2 Å². The summed E-state index contributed by atoms with van der Waals surface area (Å²) in [6, 6.07) is 10.1.